The number of rotatable bonds is 2. The lowest BCUT2D eigenvalue weighted by molar-refractivity contribution is 0.101. The van der Waals surface area contributed by atoms with Crippen molar-refractivity contribution in [3.05, 3.63) is 36.2 Å². The minimum absolute atomic E-state index is 0.179. The van der Waals surface area contributed by atoms with Crippen LogP contribution in [0.5, 0.6) is 0 Å². The van der Waals surface area contributed by atoms with Crippen molar-refractivity contribution in [1.82, 2.24) is 20.2 Å². The fraction of sp³-hybridized carbons (Fsp3) is 0.111. The predicted octanol–water partition coefficient (Wildman–Crippen LogP) is 0.462. The predicted molar refractivity (Wildman–Crippen MR) is 53.2 cm³/mol. The molecule has 1 aromatic heterocycles. The fourth-order valence-electron chi connectivity index (χ4n) is 1.13. The zero-order valence-electron chi connectivity index (χ0n) is 8.08. The summed E-state index contributed by atoms with van der Waals surface area (Å²) < 4.78 is 1.32. The summed E-state index contributed by atoms with van der Waals surface area (Å²) >= 11 is 0. The zero-order valence-corrected chi connectivity index (χ0v) is 8.08. The first-order chi connectivity index (χ1) is 7.27. The molecule has 1 aromatic carbocycles. The summed E-state index contributed by atoms with van der Waals surface area (Å²) in [4.78, 5) is 11.6. The maximum atomic E-state index is 11.6. The van der Waals surface area contributed by atoms with Gasteiger partial charge in [0, 0.05) is 12.7 Å². The monoisotopic (exact) mass is 203 g/mol. The molecule has 6 heteroatoms. The summed E-state index contributed by atoms with van der Waals surface area (Å²) in [5, 5.41) is 13.2. The lowest BCUT2D eigenvalue weighted by Gasteiger charge is -2.02. The smallest absolute Gasteiger partial charge is 0.295 e. The van der Waals surface area contributed by atoms with Crippen molar-refractivity contribution < 1.29 is 4.79 Å². The Balaban J connectivity index is 2.15. The molecule has 0 radical (unpaired) electrons. The van der Waals surface area contributed by atoms with E-state index in [1.54, 1.807) is 19.2 Å². The van der Waals surface area contributed by atoms with E-state index in [4.69, 9.17) is 0 Å². The average Bonchev–Trinajstić information content (AvgIpc) is 2.66. The number of tetrazole rings is 1. The van der Waals surface area contributed by atoms with Crippen molar-refractivity contribution in [2.24, 2.45) is 7.05 Å². The third-order valence-corrected chi connectivity index (χ3v) is 1.85. The number of nitrogens with one attached hydrogen (secondary N) is 1. The van der Waals surface area contributed by atoms with E-state index in [1.807, 2.05) is 18.2 Å². The molecular formula is C9H9N5O. The van der Waals surface area contributed by atoms with Crippen molar-refractivity contribution >= 4 is 11.6 Å². The van der Waals surface area contributed by atoms with Gasteiger partial charge in [0.15, 0.2) is 0 Å². The summed E-state index contributed by atoms with van der Waals surface area (Å²) in [5.74, 6) is -0.146. The van der Waals surface area contributed by atoms with E-state index in [2.05, 4.69) is 20.8 Å². The van der Waals surface area contributed by atoms with E-state index in [0.29, 0.717) is 5.69 Å². The second-order valence-electron chi connectivity index (χ2n) is 2.95. The van der Waals surface area contributed by atoms with Crippen LogP contribution in [-0.4, -0.2) is 26.1 Å². The molecule has 6 nitrogen and oxygen atoms in total. The number of anilines is 1. The van der Waals surface area contributed by atoms with Crippen LogP contribution < -0.4 is 5.32 Å². The van der Waals surface area contributed by atoms with Crippen molar-refractivity contribution in [3.63, 3.8) is 0 Å². The first kappa shape index (κ1) is 9.32. The van der Waals surface area contributed by atoms with Crippen molar-refractivity contribution in [3.8, 4) is 0 Å². The van der Waals surface area contributed by atoms with Crippen molar-refractivity contribution in [2.75, 3.05) is 5.32 Å². The summed E-state index contributed by atoms with van der Waals surface area (Å²) in [6.45, 7) is 0. The molecule has 2 rings (SSSR count). The van der Waals surface area contributed by atoms with Gasteiger partial charge in [-0.05, 0) is 22.6 Å². The molecule has 0 atom stereocenters. The van der Waals surface area contributed by atoms with Gasteiger partial charge in [0.1, 0.15) is 0 Å². The van der Waals surface area contributed by atoms with Crippen molar-refractivity contribution in [2.45, 2.75) is 0 Å². The minimum Gasteiger partial charge on any atom is -0.319 e. The molecule has 1 heterocycles. The van der Waals surface area contributed by atoms with Crippen LogP contribution in [-0.2, 0) is 7.05 Å². The van der Waals surface area contributed by atoms with E-state index < -0.39 is 0 Å². The van der Waals surface area contributed by atoms with E-state index in [1.165, 1.54) is 4.68 Å². The number of hydrogen-bond donors (Lipinski definition) is 1. The van der Waals surface area contributed by atoms with Gasteiger partial charge >= 0.3 is 0 Å². The SMILES string of the molecule is Cn1nnnc1C(=O)Nc1ccccc1. The molecule has 0 fully saturated rings. The Morgan fingerprint density at radius 3 is 2.67 bits per heavy atom. The lowest BCUT2D eigenvalue weighted by Crippen LogP contribution is -2.17. The summed E-state index contributed by atoms with van der Waals surface area (Å²) in [6, 6.07) is 9.14. The van der Waals surface area contributed by atoms with E-state index in [-0.39, 0.29) is 11.7 Å². The molecular weight excluding hydrogens is 194 g/mol. The number of nitrogens with zero attached hydrogens (tertiary/aromatic N) is 4. The van der Waals surface area contributed by atoms with E-state index in [0.717, 1.165) is 0 Å². The van der Waals surface area contributed by atoms with Crippen LogP contribution in [0.4, 0.5) is 5.69 Å². The van der Waals surface area contributed by atoms with Gasteiger partial charge in [-0.25, -0.2) is 4.68 Å². The van der Waals surface area contributed by atoms with E-state index in [9.17, 15) is 4.79 Å². The van der Waals surface area contributed by atoms with Gasteiger partial charge in [0.05, 0.1) is 0 Å². The number of para-hydroxylation sites is 1. The molecule has 1 N–H and O–H groups in total. The molecule has 0 saturated heterocycles. The van der Waals surface area contributed by atoms with Crippen LogP contribution >= 0.6 is 0 Å². The van der Waals surface area contributed by atoms with Gasteiger partial charge in [0.25, 0.3) is 5.91 Å². The van der Waals surface area contributed by atoms with Crippen LogP contribution in [0.3, 0.4) is 0 Å². The maximum Gasteiger partial charge on any atom is 0.295 e. The second-order valence-corrected chi connectivity index (χ2v) is 2.95. The molecule has 0 saturated carbocycles. The van der Waals surface area contributed by atoms with Gasteiger partial charge in [-0.3, -0.25) is 4.79 Å². The standard InChI is InChI=1S/C9H9N5O/c1-14-8(11-12-13-14)9(15)10-7-5-3-2-4-6-7/h2-6H,1H3,(H,10,15). The molecule has 2 aromatic rings. The highest BCUT2D eigenvalue weighted by atomic mass is 16.2. The summed E-state index contributed by atoms with van der Waals surface area (Å²) in [6.07, 6.45) is 0. The number of carbonyl (C=O) groups is 1. The van der Waals surface area contributed by atoms with Gasteiger partial charge < -0.3 is 5.32 Å². The van der Waals surface area contributed by atoms with Gasteiger partial charge in [-0.1, -0.05) is 18.2 Å². The average molecular weight is 203 g/mol. The van der Waals surface area contributed by atoms with E-state index >= 15 is 0 Å². The summed E-state index contributed by atoms with van der Waals surface area (Å²) in [7, 11) is 1.61. The molecule has 0 aliphatic heterocycles. The number of aromatic nitrogens is 4. The largest absolute Gasteiger partial charge is 0.319 e. The van der Waals surface area contributed by atoms with Crippen molar-refractivity contribution in [1.29, 1.82) is 0 Å². The van der Waals surface area contributed by atoms with Crippen LogP contribution in [0.1, 0.15) is 10.6 Å². The zero-order chi connectivity index (χ0) is 10.7. The Morgan fingerprint density at radius 1 is 1.33 bits per heavy atom. The molecule has 0 unspecified atom stereocenters. The number of carbonyl (C=O) groups excluding carboxylic acids is 1. The Hall–Kier alpha value is -2.24. The van der Waals surface area contributed by atoms with Crippen LogP contribution in [0, 0.1) is 0 Å². The van der Waals surface area contributed by atoms with Gasteiger partial charge in [-0.2, -0.15) is 0 Å². The van der Waals surface area contributed by atoms with Crippen LogP contribution in [0.15, 0.2) is 30.3 Å². The number of hydrogen-bond acceptors (Lipinski definition) is 4. The Labute approximate surface area is 85.9 Å². The molecule has 0 bridgehead atoms. The number of benzene rings is 1. The molecule has 76 valence electrons. The molecule has 0 aliphatic rings. The van der Waals surface area contributed by atoms with Gasteiger partial charge in [-0.15, -0.1) is 5.10 Å². The van der Waals surface area contributed by atoms with Crippen LogP contribution in [0.2, 0.25) is 0 Å². The highest BCUT2D eigenvalue weighted by Gasteiger charge is 2.12. The fourth-order valence-corrected chi connectivity index (χ4v) is 1.13. The van der Waals surface area contributed by atoms with Gasteiger partial charge in [0.2, 0.25) is 5.82 Å². The quantitative estimate of drug-likeness (QED) is 0.769. The molecule has 0 aliphatic carbocycles. The third kappa shape index (κ3) is 1.98. The normalized spacial score (nSPS) is 9.93. The topological polar surface area (TPSA) is 72.7 Å². The second kappa shape index (κ2) is 3.87. The highest BCUT2D eigenvalue weighted by Crippen LogP contribution is 2.06. The minimum atomic E-state index is -0.325. The maximum absolute atomic E-state index is 11.6. The highest BCUT2D eigenvalue weighted by molar-refractivity contribution is 6.01. The number of amides is 1. The Morgan fingerprint density at radius 2 is 2.07 bits per heavy atom. The Kier molecular flexibility index (Phi) is 2.40. The number of aryl methyl sites for hydroxylation is 1. The third-order valence-electron chi connectivity index (χ3n) is 1.85. The first-order valence-electron chi connectivity index (χ1n) is 4.36. The van der Waals surface area contributed by atoms with Crippen LogP contribution in [0.25, 0.3) is 0 Å². The Bertz CT molecular complexity index is 464. The lowest BCUT2D eigenvalue weighted by atomic mass is 10.3. The molecule has 15 heavy (non-hydrogen) atoms. The first-order valence-corrected chi connectivity index (χ1v) is 4.36. The summed E-state index contributed by atoms with van der Waals surface area (Å²) in [5.41, 5.74) is 0.713. The molecule has 1 amide bonds. The molecule has 0 spiro atoms.